The molecule has 0 radical (unpaired) electrons. The molecule has 1 aliphatic carbocycles. The lowest BCUT2D eigenvalue weighted by Gasteiger charge is -2.19. The second kappa shape index (κ2) is 12.9. The summed E-state index contributed by atoms with van der Waals surface area (Å²) in [6, 6.07) is 18.6. The Morgan fingerprint density at radius 2 is 1.63 bits per heavy atom. The summed E-state index contributed by atoms with van der Waals surface area (Å²) < 4.78 is 6.60. The summed E-state index contributed by atoms with van der Waals surface area (Å²) in [5.41, 5.74) is 11.0. The van der Waals surface area contributed by atoms with Crippen LogP contribution in [0.2, 0.25) is 0 Å². The van der Waals surface area contributed by atoms with E-state index in [1.165, 1.54) is 11.1 Å². The van der Waals surface area contributed by atoms with Crippen molar-refractivity contribution in [3.8, 4) is 11.3 Å². The van der Waals surface area contributed by atoms with Gasteiger partial charge in [-0.15, -0.1) is 0 Å². The Kier molecular flexibility index (Phi) is 9.31. The summed E-state index contributed by atoms with van der Waals surface area (Å²) in [5, 5.41) is 5.99. The van der Waals surface area contributed by atoms with E-state index in [-0.39, 0.29) is 0 Å². The van der Waals surface area contributed by atoms with Crippen LogP contribution in [-0.4, -0.2) is 0 Å². The van der Waals surface area contributed by atoms with Gasteiger partial charge in [0, 0.05) is 50.6 Å². The van der Waals surface area contributed by atoms with Gasteiger partial charge in [0.1, 0.15) is 11.3 Å². The fourth-order valence-electron chi connectivity index (χ4n) is 5.01. The molecule has 0 amide bonds. The highest BCUT2D eigenvalue weighted by atomic mass is 35.5. The molecule has 0 spiro atoms. The summed E-state index contributed by atoms with van der Waals surface area (Å²) in [7, 11) is 0. The van der Waals surface area contributed by atoms with E-state index in [1.54, 1.807) is 12.2 Å². The standard InChI is InChI=1S/C37H37ClN2O/c1-9-13-24(6)36(23(4)5)39-27-17-19-30-33(21-27)41-34-22-28(40-37-25(7)15-12-16-26(37)8)18-20-31(34)35(30)29(14-10-2)32(38)11-3/h9-22,40H,1-2H2,3-8H3/b24-13-,29-14+,32-11+,39-27?. The Morgan fingerprint density at radius 1 is 0.927 bits per heavy atom. The number of hydrogen-bond donors (Lipinski definition) is 1. The Hall–Kier alpha value is -4.34. The predicted molar refractivity (Wildman–Crippen MR) is 178 cm³/mol. The van der Waals surface area contributed by atoms with Gasteiger partial charge in [0.05, 0.1) is 11.1 Å². The molecule has 1 N–H and O–H groups in total. The van der Waals surface area contributed by atoms with Gasteiger partial charge in [-0.05, 0) is 82.5 Å². The molecule has 2 aromatic carbocycles. The molecule has 208 valence electrons. The number of anilines is 2. The van der Waals surface area contributed by atoms with Gasteiger partial charge in [-0.3, -0.25) is 0 Å². The highest BCUT2D eigenvalue weighted by Crippen LogP contribution is 2.41. The lowest BCUT2D eigenvalue weighted by molar-refractivity contribution is 0.618. The molecule has 3 nitrogen and oxygen atoms in total. The second-order valence-electron chi connectivity index (χ2n) is 10.3. The number of halogens is 1. The molecule has 1 heterocycles. The number of hydrogen-bond acceptors (Lipinski definition) is 3. The van der Waals surface area contributed by atoms with E-state index >= 15 is 0 Å². The average Bonchev–Trinajstić information content (AvgIpc) is 2.95. The van der Waals surface area contributed by atoms with Gasteiger partial charge in [0.25, 0.3) is 0 Å². The molecule has 2 aliphatic rings. The van der Waals surface area contributed by atoms with Crippen molar-refractivity contribution >= 4 is 39.5 Å². The lowest BCUT2D eigenvalue weighted by atomic mass is 9.92. The maximum atomic E-state index is 6.78. The van der Waals surface area contributed by atoms with Crippen LogP contribution in [0.15, 0.2) is 129 Å². The topological polar surface area (TPSA) is 37.5 Å². The summed E-state index contributed by atoms with van der Waals surface area (Å²) in [4.78, 5) is 4.98. The summed E-state index contributed by atoms with van der Waals surface area (Å²) in [5.74, 6) is 0.715. The van der Waals surface area contributed by atoms with Gasteiger partial charge < -0.3 is 9.73 Å². The molecule has 0 bridgehead atoms. The van der Waals surface area contributed by atoms with Gasteiger partial charge in [0.15, 0.2) is 0 Å². The molecule has 0 atom stereocenters. The van der Waals surface area contributed by atoms with Crippen LogP contribution in [0, 0.1) is 13.8 Å². The third-order valence-electron chi connectivity index (χ3n) is 6.98. The maximum Gasteiger partial charge on any atom is 0.137 e. The van der Waals surface area contributed by atoms with Crippen molar-refractivity contribution in [1.82, 2.24) is 0 Å². The Morgan fingerprint density at radius 3 is 2.27 bits per heavy atom. The Bertz CT molecular complexity index is 1790. The molecule has 0 aromatic heterocycles. The largest absolute Gasteiger partial charge is 0.456 e. The van der Waals surface area contributed by atoms with Crippen LogP contribution in [-0.2, 0) is 0 Å². The number of fused-ring (bicyclic) bond motifs is 2. The van der Waals surface area contributed by atoms with Gasteiger partial charge in [-0.25, -0.2) is 4.99 Å². The zero-order valence-corrected chi connectivity index (χ0v) is 25.5. The zero-order valence-electron chi connectivity index (χ0n) is 24.7. The maximum absolute atomic E-state index is 6.78. The van der Waals surface area contributed by atoms with E-state index < -0.39 is 0 Å². The first-order chi connectivity index (χ1) is 19.7. The van der Waals surface area contributed by atoms with Gasteiger partial charge >= 0.3 is 0 Å². The molecule has 0 saturated carbocycles. The molecule has 0 unspecified atom stereocenters. The zero-order chi connectivity index (χ0) is 29.7. The van der Waals surface area contributed by atoms with Crippen LogP contribution in [0.5, 0.6) is 0 Å². The third kappa shape index (κ3) is 6.37. The Labute approximate surface area is 248 Å². The second-order valence-corrected chi connectivity index (χ2v) is 10.7. The van der Waals surface area contributed by atoms with Gasteiger partial charge in [-0.2, -0.15) is 0 Å². The third-order valence-corrected chi connectivity index (χ3v) is 7.40. The fraction of sp³-hybridized carbons (Fsp3) is 0.162. The van der Waals surface area contributed by atoms with Crippen LogP contribution in [0.3, 0.4) is 0 Å². The fourth-order valence-corrected chi connectivity index (χ4v) is 5.16. The summed E-state index contributed by atoms with van der Waals surface area (Å²) in [6.07, 6.45) is 9.36. The van der Waals surface area contributed by atoms with Crippen LogP contribution in [0.4, 0.5) is 11.4 Å². The minimum absolute atomic E-state index is 0.641. The van der Waals surface area contributed by atoms with Crippen molar-refractivity contribution in [1.29, 1.82) is 0 Å². The van der Waals surface area contributed by atoms with Crippen molar-refractivity contribution in [2.45, 2.75) is 41.5 Å². The molecular formula is C37H37ClN2O. The molecule has 1 aliphatic heterocycles. The van der Waals surface area contributed by atoms with Gasteiger partial charge in [0.2, 0.25) is 0 Å². The average molecular weight is 561 g/mol. The quantitative estimate of drug-likeness (QED) is 0.172. The number of para-hydroxylation sites is 1. The lowest BCUT2D eigenvalue weighted by Crippen LogP contribution is -2.05. The van der Waals surface area contributed by atoms with Crippen molar-refractivity contribution in [2.24, 2.45) is 4.99 Å². The highest BCUT2D eigenvalue weighted by Gasteiger charge is 2.20. The number of benzene rings is 3. The van der Waals surface area contributed by atoms with Crippen LogP contribution in [0.25, 0.3) is 27.9 Å². The minimum atomic E-state index is 0.641. The number of allylic oxidation sites excluding steroid dienone is 9. The monoisotopic (exact) mass is 560 g/mol. The minimum Gasteiger partial charge on any atom is -0.456 e. The van der Waals surface area contributed by atoms with E-state index in [9.17, 15) is 0 Å². The molecule has 0 fully saturated rings. The SMILES string of the molecule is C=C/C=C(/C)C(N=c1ccc2c(C(=C/C=C)/C(Cl)=C\C)c3ccc(Nc4c(C)cccc4C)cc3oc-2c1)=C(C)C. The number of aryl methyl sites for hydroxylation is 2. The van der Waals surface area contributed by atoms with E-state index in [2.05, 4.69) is 82.6 Å². The van der Waals surface area contributed by atoms with Crippen molar-refractivity contribution in [3.05, 3.63) is 142 Å². The van der Waals surface area contributed by atoms with Crippen molar-refractivity contribution < 1.29 is 4.42 Å². The first-order valence-corrected chi connectivity index (χ1v) is 14.1. The molecule has 4 heteroatoms. The van der Waals surface area contributed by atoms with E-state index in [4.69, 9.17) is 21.0 Å². The number of nitrogens with one attached hydrogen (secondary N) is 1. The number of rotatable bonds is 8. The van der Waals surface area contributed by atoms with Crippen molar-refractivity contribution in [2.75, 3.05) is 5.32 Å². The molecule has 41 heavy (non-hydrogen) atoms. The van der Waals surface area contributed by atoms with Crippen LogP contribution >= 0.6 is 11.6 Å². The van der Waals surface area contributed by atoms with Gasteiger partial charge in [-0.1, -0.05) is 78.9 Å². The first-order valence-electron chi connectivity index (χ1n) is 13.7. The first kappa shape index (κ1) is 29.6. The van der Waals surface area contributed by atoms with Crippen LogP contribution in [0.1, 0.15) is 44.4 Å². The predicted octanol–water partition coefficient (Wildman–Crippen LogP) is 10.9. The summed E-state index contributed by atoms with van der Waals surface area (Å²) in [6.45, 7) is 20.1. The normalized spacial score (nSPS) is 13.0. The molecule has 0 saturated heterocycles. The molecule has 2 aromatic rings. The highest BCUT2D eigenvalue weighted by molar-refractivity contribution is 6.37. The van der Waals surface area contributed by atoms with E-state index in [0.29, 0.717) is 10.8 Å². The molecular weight excluding hydrogens is 524 g/mol. The number of nitrogens with zero attached hydrogens (tertiary/aromatic N) is 1. The molecule has 4 rings (SSSR count). The van der Waals surface area contributed by atoms with E-state index in [0.717, 1.165) is 61.2 Å². The van der Waals surface area contributed by atoms with E-state index in [1.807, 2.05) is 50.3 Å². The van der Waals surface area contributed by atoms with Crippen LogP contribution < -0.4 is 10.7 Å². The summed E-state index contributed by atoms with van der Waals surface area (Å²) >= 11 is 6.78. The smallest absolute Gasteiger partial charge is 0.137 e. The van der Waals surface area contributed by atoms with Crippen molar-refractivity contribution in [3.63, 3.8) is 0 Å². The Balaban J connectivity index is 2.03.